The molecule has 0 saturated carbocycles. The number of amidine groups is 1. The highest BCUT2D eigenvalue weighted by Gasteiger charge is 2.32. The molecule has 1 aliphatic rings. The van der Waals surface area contributed by atoms with Crippen LogP contribution in [0, 0.1) is 0 Å². The summed E-state index contributed by atoms with van der Waals surface area (Å²) < 4.78 is 6.71. The van der Waals surface area contributed by atoms with Crippen LogP contribution in [0.4, 0.5) is 5.69 Å². The van der Waals surface area contributed by atoms with Crippen LogP contribution in [0.15, 0.2) is 79.5 Å². The maximum Gasteiger partial charge on any atom is 0.266 e. The number of rotatable bonds is 4. The van der Waals surface area contributed by atoms with Gasteiger partial charge in [-0.15, -0.1) is 0 Å². The second-order valence-corrected chi connectivity index (χ2v) is 8.49. The summed E-state index contributed by atoms with van der Waals surface area (Å²) in [7, 11) is 0. The molecule has 0 N–H and O–H groups in total. The molecule has 1 aromatic heterocycles. The number of nitrogens with zero attached hydrogens (tertiary/aromatic N) is 2. The number of carbonyl (C=O) groups excluding carboxylic acids is 1. The van der Waals surface area contributed by atoms with Crippen molar-refractivity contribution in [3.8, 4) is 11.3 Å². The average molecular weight is 488 g/mol. The molecule has 146 valence electrons. The summed E-state index contributed by atoms with van der Waals surface area (Å²) in [6, 6.07) is 19.1. The van der Waals surface area contributed by atoms with E-state index in [-0.39, 0.29) is 5.91 Å². The van der Waals surface area contributed by atoms with Gasteiger partial charge in [-0.2, -0.15) is 0 Å². The zero-order valence-corrected chi connectivity index (χ0v) is 18.6. The van der Waals surface area contributed by atoms with Crippen molar-refractivity contribution in [2.75, 3.05) is 6.54 Å². The number of halogens is 2. The Morgan fingerprint density at radius 1 is 1.17 bits per heavy atom. The smallest absolute Gasteiger partial charge is 0.266 e. The Morgan fingerprint density at radius 3 is 2.69 bits per heavy atom. The minimum absolute atomic E-state index is 0.0860. The fraction of sp³-hybridized carbons (Fsp3) is 0.0909. The molecule has 0 unspecified atom stereocenters. The van der Waals surface area contributed by atoms with E-state index in [1.54, 1.807) is 17.0 Å². The molecular formula is C22H16BrClN2O2S. The zero-order chi connectivity index (χ0) is 20.4. The molecule has 1 saturated heterocycles. The van der Waals surface area contributed by atoms with Gasteiger partial charge in [-0.1, -0.05) is 41.9 Å². The summed E-state index contributed by atoms with van der Waals surface area (Å²) in [5.74, 6) is 1.31. The van der Waals surface area contributed by atoms with E-state index in [1.807, 2.05) is 61.5 Å². The quantitative estimate of drug-likeness (QED) is 0.373. The summed E-state index contributed by atoms with van der Waals surface area (Å²) in [6.07, 6.45) is 1.76. The number of likely N-dealkylation sites (N-methyl/N-ethyl adjacent to an activating group) is 1. The lowest BCUT2D eigenvalue weighted by Crippen LogP contribution is -2.28. The molecule has 4 rings (SSSR count). The van der Waals surface area contributed by atoms with Crippen molar-refractivity contribution in [2.24, 2.45) is 4.99 Å². The minimum atomic E-state index is -0.0860. The number of thioether (sulfide) groups is 1. The summed E-state index contributed by atoms with van der Waals surface area (Å²) in [5, 5.41) is 1.20. The van der Waals surface area contributed by atoms with Gasteiger partial charge in [-0.25, -0.2) is 4.99 Å². The van der Waals surface area contributed by atoms with Gasteiger partial charge in [0.25, 0.3) is 5.91 Å². The van der Waals surface area contributed by atoms with Crippen LogP contribution in [-0.2, 0) is 4.79 Å². The summed E-state index contributed by atoms with van der Waals surface area (Å²) in [6.45, 7) is 2.45. The normalized spacial score (nSPS) is 16.9. The van der Waals surface area contributed by atoms with Crippen LogP contribution in [0.3, 0.4) is 0 Å². The van der Waals surface area contributed by atoms with Crippen molar-refractivity contribution < 1.29 is 9.21 Å². The molecule has 0 radical (unpaired) electrons. The van der Waals surface area contributed by atoms with Gasteiger partial charge in [-0.05, 0) is 64.9 Å². The lowest BCUT2D eigenvalue weighted by Gasteiger charge is -2.12. The monoisotopic (exact) mass is 486 g/mol. The molecule has 1 amide bonds. The van der Waals surface area contributed by atoms with E-state index < -0.39 is 0 Å². The van der Waals surface area contributed by atoms with E-state index in [9.17, 15) is 4.79 Å². The Labute approximate surface area is 186 Å². The van der Waals surface area contributed by atoms with Crippen LogP contribution in [-0.4, -0.2) is 22.5 Å². The van der Waals surface area contributed by atoms with E-state index in [2.05, 4.69) is 20.9 Å². The fourth-order valence-corrected chi connectivity index (χ4v) is 4.32. The van der Waals surface area contributed by atoms with Crippen molar-refractivity contribution in [1.82, 2.24) is 4.90 Å². The van der Waals surface area contributed by atoms with Gasteiger partial charge in [-0.3, -0.25) is 9.69 Å². The van der Waals surface area contributed by atoms with Crippen molar-refractivity contribution >= 4 is 62.1 Å². The molecule has 3 aromatic rings. The van der Waals surface area contributed by atoms with E-state index >= 15 is 0 Å². The second-order valence-electron chi connectivity index (χ2n) is 6.22. The summed E-state index contributed by atoms with van der Waals surface area (Å²) >= 11 is 10.9. The van der Waals surface area contributed by atoms with Gasteiger partial charge in [0.2, 0.25) is 0 Å². The van der Waals surface area contributed by atoms with E-state index in [4.69, 9.17) is 16.0 Å². The number of furan rings is 1. The molecule has 2 aromatic carbocycles. The second kappa shape index (κ2) is 8.61. The molecule has 29 heavy (non-hydrogen) atoms. The first kappa shape index (κ1) is 20.0. The van der Waals surface area contributed by atoms with Gasteiger partial charge in [0.1, 0.15) is 11.5 Å². The third-order valence-corrected chi connectivity index (χ3v) is 6.53. The largest absolute Gasteiger partial charge is 0.457 e. The molecule has 0 spiro atoms. The standard InChI is InChI=1S/C22H16BrClN2O2S/c1-2-26-21(27)20(29-22(26)25-15-8-10-17(23)18(24)12-15)13-16-9-11-19(28-16)14-6-4-3-5-7-14/h3-13H,2H2,1H3/b20-13-,25-22?. The van der Waals surface area contributed by atoms with Crippen LogP contribution < -0.4 is 0 Å². The SMILES string of the molecule is CCN1C(=O)/C(=C/c2ccc(-c3ccccc3)o2)SC1=Nc1ccc(Br)c(Cl)c1. The Balaban J connectivity index is 1.62. The molecule has 0 atom stereocenters. The minimum Gasteiger partial charge on any atom is -0.457 e. The van der Waals surface area contributed by atoms with Crippen LogP contribution >= 0.6 is 39.3 Å². The Bertz CT molecular complexity index is 1120. The molecule has 7 heteroatoms. The predicted octanol–water partition coefficient (Wildman–Crippen LogP) is 6.99. The Hall–Kier alpha value is -2.28. The highest BCUT2D eigenvalue weighted by molar-refractivity contribution is 9.10. The van der Waals surface area contributed by atoms with Crippen LogP contribution in [0.1, 0.15) is 12.7 Å². The molecular weight excluding hydrogens is 472 g/mol. The molecule has 1 fully saturated rings. The zero-order valence-electron chi connectivity index (χ0n) is 15.4. The Morgan fingerprint density at radius 2 is 1.97 bits per heavy atom. The molecule has 4 nitrogen and oxygen atoms in total. The van der Waals surface area contributed by atoms with Gasteiger partial charge in [0.15, 0.2) is 5.17 Å². The average Bonchev–Trinajstić information content (AvgIpc) is 3.30. The number of amides is 1. The van der Waals surface area contributed by atoms with Crippen LogP contribution in [0.2, 0.25) is 5.02 Å². The lowest BCUT2D eigenvalue weighted by atomic mass is 10.2. The first-order valence-electron chi connectivity index (χ1n) is 8.95. The Kier molecular flexibility index (Phi) is 5.94. The van der Waals surface area contributed by atoms with E-state index in [0.717, 1.165) is 15.8 Å². The first-order valence-corrected chi connectivity index (χ1v) is 10.9. The maximum absolute atomic E-state index is 12.8. The molecule has 1 aliphatic heterocycles. The van der Waals surface area contributed by atoms with E-state index in [0.29, 0.717) is 33.1 Å². The van der Waals surface area contributed by atoms with Crippen molar-refractivity contribution in [3.63, 3.8) is 0 Å². The number of hydrogen-bond acceptors (Lipinski definition) is 4. The number of carbonyl (C=O) groups is 1. The lowest BCUT2D eigenvalue weighted by molar-refractivity contribution is -0.122. The summed E-state index contributed by atoms with van der Waals surface area (Å²) in [4.78, 5) is 19.7. The topological polar surface area (TPSA) is 45.8 Å². The third kappa shape index (κ3) is 4.34. The van der Waals surface area contributed by atoms with Crippen LogP contribution in [0.25, 0.3) is 17.4 Å². The number of aliphatic imine (C=N–C) groups is 1. The third-order valence-electron chi connectivity index (χ3n) is 4.29. The highest BCUT2D eigenvalue weighted by atomic mass is 79.9. The predicted molar refractivity (Wildman–Crippen MR) is 123 cm³/mol. The number of hydrogen-bond donors (Lipinski definition) is 0. The van der Waals surface area contributed by atoms with Gasteiger partial charge in [0.05, 0.1) is 15.6 Å². The summed E-state index contributed by atoms with van der Waals surface area (Å²) in [5.41, 5.74) is 1.68. The molecule has 2 heterocycles. The first-order chi connectivity index (χ1) is 14.0. The van der Waals surface area contributed by atoms with Gasteiger partial charge >= 0.3 is 0 Å². The van der Waals surface area contributed by atoms with Gasteiger partial charge in [0, 0.05) is 22.7 Å². The van der Waals surface area contributed by atoms with Crippen LogP contribution in [0.5, 0.6) is 0 Å². The maximum atomic E-state index is 12.8. The van der Waals surface area contributed by atoms with Crippen molar-refractivity contribution in [1.29, 1.82) is 0 Å². The molecule has 0 aliphatic carbocycles. The fourth-order valence-electron chi connectivity index (χ4n) is 2.85. The number of benzene rings is 2. The van der Waals surface area contributed by atoms with Crippen molar-refractivity contribution in [3.05, 3.63) is 80.8 Å². The highest BCUT2D eigenvalue weighted by Crippen LogP contribution is 2.36. The van der Waals surface area contributed by atoms with Gasteiger partial charge < -0.3 is 4.42 Å². The van der Waals surface area contributed by atoms with E-state index in [1.165, 1.54) is 11.8 Å². The van der Waals surface area contributed by atoms with Crippen molar-refractivity contribution in [2.45, 2.75) is 6.92 Å². The molecule has 0 bridgehead atoms.